The molecule has 3 heterocycles. The molecule has 7 atom stereocenters. The monoisotopic (exact) mass is 450 g/mol. The Bertz CT molecular complexity index is 755. The van der Waals surface area contributed by atoms with Gasteiger partial charge in [-0.15, -0.1) is 6.58 Å². The third kappa shape index (κ3) is 3.85. The van der Waals surface area contributed by atoms with E-state index in [9.17, 15) is 24.6 Å². The summed E-state index contributed by atoms with van der Waals surface area (Å²) in [5.74, 6) is -3.36. The van der Waals surface area contributed by atoms with E-state index in [4.69, 9.17) is 4.74 Å². The Balaban J connectivity index is 2.09. The predicted molar refractivity (Wildman–Crippen MR) is 119 cm³/mol. The molecule has 0 aromatic carbocycles. The molecule has 0 saturated carbocycles. The minimum Gasteiger partial charge on any atom is -0.481 e. The van der Waals surface area contributed by atoms with Crippen LogP contribution in [-0.4, -0.2) is 80.8 Å². The number of carboxylic acid groups (broad SMARTS) is 1. The van der Waals surface area contributed by atoms with Gasteiger partial charge in [0.05, 0.1) is 30.6 Å². The summed E-state index contributed by atoms with van der Waals surface area (Å²) in [5, 5.41) is 20.1. The van der Waals surface area contributed by atoms with E-state index in [1.165, 1.54) is 4.90 Å². The van der Waals surface area contributed by atoms with Crippen molar-refractivity contribution in [3.05, 3.63) is 12.7 Å². The fourth-order valence-corrected chi connectivity index (χ4v) is 6.22. The fourth-order valence-electron chi connectivity index (χ4n) is 6.22. The quantitative estimate of drug-likeness (QED) is 0.467. The molecule has 32 heavy (non-hydrogen) atoms. The molecule has 3 fully saturated rings. The molecule has 8 heteroatoms. The number of likely N-dealkylation sites (tertiary alicyclic amines) is 1. The van der Waals surface area contributed by atoms with Crippen molar-refractivity contribution in [3.63, 3.8) is 0 Å². The van der Waals surface area contributed by atoms with Crippen LogP contribution >= 0.6 is 0 Å². The molecule has 3 rings (SSSR count). The van der Waals surface area contributed by atoms with Crippen LogP contribution in [-0.2, 0) is 19.1 Å². The van der Waals surface area contributed by atoms with E-state index in [0.29, 0.717) is 25.8 Å². The first-order valence-electron chi connectivity index (χ1n) is 11.9. The van der Waals surface area contributed by atoms with Crippen LogP contribution in [0.3, 0.4) is 0 Å². The Kier molecular flexibility index (Phi) is 7.34. The molecule has 2 amide bonds. The lowest BCUT2D eigenvalue weighted by Gasteiger charge is -2.41. The number of amides is 2. The summed E-state index contributed by atoms with van der Waals surface area (Å²) in [4.78, 5) is 43.1. The van der Waals surface area contributed by atoms with Gasteiger partial charge in [0.25, 0.3) is 0 Å². The highest BCUT2D eigenvalue weighted by atomic mass is 16.5. The molecule has 8 nitrogen and oxygen atoms in total. The Morgan fingerprint density at radius 1 is 1.38 bits per heavy atom. The maximum atomic E-state index is 14.1. The molecule has 0 radical (unpaired) electrons. The van der Waals surface area contributed by atoms with Gasteiger partial charge >= 0.3 is 5.97 Å². The van der Waals surface area contributed by atoms with Gasteiger partial charge in [-0.2, -0.15) is 0 Å². The first-order chi connectivity index (χ1) is 15.1. The van der Waals surface area contributed by atoms with Gasteiger partial charge in [-0.3, -0.25) is 14.4 Å². The van der Waals surface area contributed by atoms with Gasteiger partial charge in [0.15, 0.2) is 0 Å². The number of nitrogens with zero attached hydrogens (tertiary/aromatic N) is 2. The highest BCUT2D eigenvalue weighted by Crippen LogP contribution is 2.59. The minimum absolute atomic E-state index is 0.0653. The van der Waals surface area contributed by atoms with Gasteiger partial charge in [0, 0.05) is 12.6 Å². The van der Waals surface area contributed by atoms with Crippen molar-refractivity contribution >= 4 is 17.8 Å². The number of aliphatic hydroxyl groups excluding tert-OH is 1. The second-order valence-corrected chi connectivity index (χ2v) is 10.0. The lowest BCUT2D eigenvalue weighted by Crippen LogP contribution is -2.60. The molecule has 1 spiro atoms. The van der Waals surface area contributed by atoms with Crippen LogP contribution in [0.4, 0.5) is 0 Å². The van der Waals surface area contributed by atoms with Crippen LogP contribution in [0.2, 0.25) is 0 Å². The van der Waals surface area contributed by atoms with E-state index in [1.807, 2.05) is 20.8 Å². The van der Waals surface area contributed by atoms with E-state index < -0.39 is 41.6 Å². The summed E-state index contributed by atoms with van der Waals surface area (Å²) in [6.07, 6.45) is 4.31. The average molecular weight is 451 g/mol. The standard InChI is InChI=1S/C24H38N2O6/c1-6-8-15(5)25(11-7-2)22(29)20-24-10-9-17(32-24)18(23(30)31)19(24)21(28)26(20)16(13-27)12-14(3)4/h7,14-20,27H,2,6,8-13H2,1,3-5H3,(H,30,31)/t15?,16-,17+,18-,19-,20+,24-/m1/s1. The van der Waals surface area contributed by atoms with Gasteiger partial charge in [-0.25, -0.2) is 0 Å². The average Bonchev–Trinajstić information content (AvgIpc) is 3.37. The Labute approximate surface area is 190 Å². The minimum atomic E-state index is -1.16. The molecule has 3 saturated heterocycles. The number of aliphatic carboxylic acids is 1. The number of carbonyl (C=O) groups is 3. The summed E-state index contributed by atoms with van der Waals surface area (Å²) in [6, 6.07) is -1.57. The maximum absolute atomic E-state index is 14.1. The van der Waals surface area contributed by atoms with Crippen molar-refractivity contribution in [3.8, 4) is 0 Å². The van der Waals surface area contributed by atoms with E-state index >= 15 is 0 Å². The molecule has 2 N–H and O–H groups in total. The Morgan fingerprint density at radius 2 is 2.06 bits per heavy atom. The lowest BCUT2D eigenvalue weighted by atomic mass is 9.70. The molecule has 3 aliphatic heterocycles. The zero-order valence-corrected chi connectivity index (χ0v) is 19.7. The highest BCUT2D eigenvalue weighted by molar-refractivity contribution is 5.98. The van der Waals surface area contributed by atoms with Gasteiger partial charge < -0.3 is 24.7 Å². The lowest BCUT2D eigenvalue weighted by molar-refractivity contribution is -0.154. The summed E-state index contributed by atoms with van der Waals surface area (Å²) in [7, 11) is 0. The molecule has 180 valence electrons. The molecule has 0 aliphatic carbocycles. The molecule has 3 aliphatic rings. The van der Waals surface area contributed by atoms with E-state index in [2.05, 4.69) is 13.5 Å². The molecule has 0 aromatic heterocycles. The summed E-state index contributed by atoms with van der Waals surface area (Å²) in [5.41, 5.74) is -1.16. The molecular formula is C24H38N2O6. The first-order valence-corrected chi connectivity index (χ1v) is 11.9. The SMILES string of the molecule is C=CCN(C(=O)[C@@H]1N([C@@H](CO)CC(C)C)C(=O)[C@H]2[C@H](C(=O)O)[C@@H]3CC[C@]12O3)C(C)CCC. The topological polar surface area (TPSA) is 107 Å². The van der Waals surface area contributed by atoms with Crippen molar-refractivity contribution in [2.24, 2.45) is 17.8 Å². The zero-order valence-electron chi connectivity index (χ0n) is 19.7. The summed E-state index contributed by atoms with van der Waals surface area (Å²) < 4.78 is 6.26. The number of carboxylic acids is 1. The largest absolute Gasteiger partial charge is 0.481 e. The molecule has 1 unspecified atom stereocenters. The normalized spacial score (nSPS) is 32.8. The van der Waals surface area contributed by atoms with E-state index in [-0.39, 0.29) is 30.4 Å². The van der Waals surface area contributed by atoms with Gasteiger partial charge in [-0.1, -0.05) is 33.3 Å². The van der Waals surface area contributed by atoms with Crippen molar-refractivity contribution in [1.29, 1.82) is 0 Å². The Morgan fingerprint density at radius 3 is 2.59 bits per heavy atom. The van der Waals surface area contributed by atoms with Crippen molar-refractivity contribution in [1.82, 2.24) is 9.80 Å². The molecule has 2 bridgehead atoms. The third-order valence-electron chi connectivity index (χ3n) is 7.45. The maximum Gasteiger partial charge on any atom is 0.310 e. The van der Waals surface area contributed by atoms with Crippen LogP contribution in [0.15, 0.2) is 12.7 Å². The number of carbonyl (C=O) groups excluding carboxylic acids is 2. The first kappa shape index (κ1) is 24.7. The van der Waals surface area contributed by atoms with Crippen molar-refractivity contribution in [2.75, 3.05) is 13.2 Å². The van der Waals surface area contributed by atoms with Crippen LogP contribution in [0.25, 0.3) is 0 Å². The number of hydrogen-bond acceptors (Lipinski definition) is 5. The van der Waals surface area contributed by atoms with Crippen LogP contribution in [0, 0.1) is 17.8 Å². The van der Waals surface area contributed by atoms with Gasteiger partial charge in [0.2, 0.25) is 11.8 Å². The number of aliphatic hydroxyl groups is 1. The smallest absolute Gasteiger partial charge is 0.310 e. The fraction of sp³-hybridized carbons (Fsp3) is 0.792. The van der Waals surface area contributed by atoms with Gasteiger partial charge in [-0.05, 0) is 38.5 Å². The number of fused-ring (bicyclic) bond motifs is 1. The number of rotatable bonds is 11. The summed E-state index contributed by atoms with van der Waals surface area (Å²) in [6.45, 7) is 11.9. The van der Waals surface area contributed by atoms with Crippen molar-refractivity contribution in [2.45, 2.75) is 89.6 Å². The molecule has 0 aromatic rings. The number of ether oxygens (including phenoxy) is 1. The second kappa shape index (κ2) is 9.51. The van der Waals surface area contributed by atoms with E-state index in [1.54, 1.807) is 11.0 Å². The highest BCUT2D eigenvalue weighted by Gasteiger charge is 2.75. The van der Waals surface area contributed by atoms with Crippen molar-refractivity contribution < 1.29 is 29.3 Å². The van der Waals surface area contributed by atoms with Crippen LogP contribution < -0.4 is 0 Å². The third-order valence-corrected chi connectivity index (χ3v) is 7.45. The van der Waals surface area contributed by atoms with Gasteiger partial charge in [0.1, 0.15) is 11.6 Å². The van der Waals surface area contributed by atoms with E-state index in [0.717, 1.165) is 12.8 Å². The summed E-state index contributed by atoms with van der Waals surface area (Å²) >= 11 is 0. The molecular weight excluding hydrogens is 412 g/mol. The van der Waals surface area contributed by atoms with Crippen LogP contribution in [0.1, 0.15) is 59.8 Å². The predicted octanol–water partition coefficient (Wildman–Crippen LogP) is 2.06. The zero-order chi connectivity index (χ0) is 23.8. The number of hydrogen-bond donors (Lipinski definition) is 2. The van der Waals surface area contributed by atoms with Crippen LogP contribution in [0.5, 0.6) is 0 Å². The second-order valence-electron chi connectivity index (χ2n) is 10.0. The Hall–Kier alpha value is -1.93.